The van der Waals surface area contributed by atoms with Gasteiger partial charge >= 0.3 is 0 Å². The van der Waals surface area contributed by atoms with Crippen molar-refractivity contribution in [1.29, 1.82) is 0 Å². The summed E-state index contributed by atoms with van der Waals surface area (Å²) in [4.78, 5) is 0. The second kappa shape index (κ2) is 5.11. The Morgan fingerprint density at radius 3 is 2.00 bits per heavy atom. The summed E-state index contributed by atoms with van der Waals surface area (Å²) in [5.74, 6) is -2.59. The standard InChI is InChI=1S/C14H17F3/c1-2-9-3-5-10(6-4-9)11-7-12(15)14(17)13(16)8-11/h7-10H,2-6H2,1H3. The molecule has 3 heteroatoms. The highest BCUT2D eigenvalue weighted by Crippen LogP contribution is 2.37. The van der Waals surface area contributed by atoms with E-state index in [2.05, 4.69) is 6.92 Å². The average molecular weight is 242 g/mol. The van der Waals surface area contributed by atoms with Crippen LogP contribution in [0, 0.1) is 23.4 Å². The Kier molecular flexibility index (Phi) is 3.75. The summed E-state index contributed by atoms with van der Waals surface area (Å²) < 4.78 is 39.1. The maximum absolute atomic E-state index is 13.1. The van der Waals surface area contributed by atoms with Crippen molar-refractivity contribution in [2.45, 2.75) is 44.9 Å². The van der Waals surface area contributed by atoms with Crippen molar-refractivity contribution >= 4 is 0 Å². The molecule has 0 atom stereocenters. The molecule has 0 amide bonds. The van der Waals surface area contributed by atoms with Gasteiger partial charge in [0.15, 0.2) is 17.5 Å². The van der Waals surface area contributed by atoms with Crippen LogP contribution in [0.15, 0.2) is 12.1 Å². The predicted octanol–water partition coefficient (Wildman–Crippen LogP) is 4.79. The molecule has 0 bridgehead atoms. The number of hydrogen-bond donors (Lipinski definition) is 0. The van der Waals surface area contributed by atoms with Crippen LogP contribution in [0.5, 0.6) is 0 Å². The zero-order valence-corrected chi connectivity index (χ0v) is 9.98. The van der Waals surface area contributed by atoms with Gasteiger partial charge in [0.2, 0.25) is 0 Å². The molecule has 1 aromatic carbocycles. The van der Waals surface area contributed by atoms with Crippen molar-refractivity contribution in [2.75, 3.05) is 0 Å². The zero-order chi connectivity index (χ0) is 12.4. The smallest absolute Gasteiger partial charge is 0.194 e. The third-order valence-corrected chi connectivity index (χ3v) is 3.90. The molecule has 94 valence electrons. The van der Waals surface area contributed by atoms with Gasteiger partial charge in [0.1, 0.15) is 0 Å². The fourth-order valence-electron chi connectivity index (χ4n) is 2.71. The first kappa shape index (κ1) is 12.5. The Bertz CT molecular complexity index is 369. The molecule has 0 N–H and O–H groups in total. The minimum absolute atomic E-state index is 0.183. The quantitative estimate of drug-likeness (QED) is 0.654. The Morgan fingerprint density at radius 2 is 1.53 bits per heavy atom. The van der Waals surface area contributed by atoms with Gasteiger partial charge in [-0.1, -0.05) is 13.3 Å². The molecule has 1 aromatic rings. The summed E-state index contributed by atoms with van der Waals surface area (Å²) in [5, 5.41) is 0. The van der Waals surface area contributed by atoms with E-state index in [1.807, 2.05) is 0 Å². The molecule has 1 aliphatic rings. The lowest BCUT2D eigenvalue weighted by Gasteiger charge is -2.28. The SMILES string of the molecule is CCC1CCC(c2cc(F)c(F)c(F)c2)CC1. The van der Waals surface area contributed by atoms with Gasteiger partial charge in [0, 0.05) is 0 Å². The maximum Gasteiger partial charge on any atom is 0.194 e. The van der Waals surface area contributed by atoms with E-state index >= 15 is 0 Å². The van der Waals surface area contributed by atoms with Gasteiger partial charge in [-0.15, -0.1) is 0 Å². The molecule has 0 aromatic heterocycles. The molecule has 1 aliphatic carbocycles. The van der Waals surface area contributed by atoms with Gasteiger partial charge in [-0.05, 0) is 55.2 Å². The highest BCUT2D eigenvalue weighted by molar-refractivity contribution is 5.23. The molecule has 2 rings (SSSR count). The minimum atomic E-state index is -1.36. The van der Waals surface area contributed by atoms with E-state index in [-0.39, 0.29) is 5.92 Å². The fourth-order valence-corrected chi connectivity index (χ4v) is 2.71. The van der Waals surface area contributed by atoms with Gasteiger partial charge in [0.05, 0.1) is 0 Å². The lowest BCUT2D eigenvalue weighted by molar-refractivity contribution is 0.317. The molecule has 0 nitrogen and oxygen atoms in total. The summed E-state index contributed by atoms with van der Waals surface area (Å²) in [5.41, 5.74) is 0.607. The van der Waals surface area contributed by atoms with Gasteiger partial charge in [-0.2, -0.15) is 0 Å². The third kappa shape index (κ3) is 2.64. The highest BCUT2D eigenvalue weighted by Gasteiger charge is 2.23. The number of hydrogen-bond acceptors (Lipinski definition) is 0. The van der Waals surface area contributed by atoms with Gasteiger partial charge < -0.3 is 0 Å². The molecule has 0 aliphatic heterocycles. The number of benzene rings is 1. The maximum atomic E-state index is 13.1. The van der Waals surface area contributed by atoms with Crippen LogP contribution in [0.25, 0.3) is 0 Å². The van der Waals surface area contributed by atoms with E-state index < -0.39 is 17.5 Å². The Morgan fingerprint density at radius 1 is 1.00 bits per heavy atom. The molecule has 0 heterocycles. The van der Waals surface area contributed by atoms with Crippen LogP contribution in [-0.2, 0) is 0 Å². The molecule has 0 saturated heterocycles. The first-order valence-electron chi connectivity index (χ1n) is 6.26. The van der Waals surface area contributed by atoms with E-state index in [4.69, 9.17) is 0 Å². The van der Waals surface area contributed by atoms with Crippen molar-refractivity contribution in [3.8, 4) is 0 Å². The minimum Gasteiger partial charge on any atom is -0.204 e. The van der Waals surface area contributed by atoms with Crippen LogP contribution in [0.1, 0.15) is 50.5 Å². The highest BCUT2D eigenvalue weighted by atomic mass is 19.2. The summed E-state index contributed by atoms with van der Waals surface area (Å²) in [6.45, 7) is 2.17. The predicted molar refractivity (Wildman–Crippen MR) is 61.3 cm³/mol. The van der Waals surface area contributed by atoms with Crippen molar-refractivity contribution in [3.63, 3.8) is 0 Å². The van der Waals surface area contributed by atoms with Crippen LogP contribution in [0.4, 0.5) is 13.2 Å². The fraction of sp³-hybridized carbons (Fsp3) is 0.571. The topological polar surface area (TPSA) is 0 Å². The van der Waals surface area contributed by atoms with E-state index in [9.17, 15) is 13.2 Å². The van der Waals surface area contributed by atoms with Gasteiger partial charge in [-0.25, -0.2) is 13.2 Å². The van der Waals surface area contributed by atoms with E-state index in [1.165, 1.54) is 6.42 Å². The van der Waals surface area contributed by atoms with Crippen molar-refractivity contribution < 1.29 is 13.2 Å². The van der Waals surface area contributed by atoms with Gasteiger partial charge in [-0.3, -0.25) is 0 Å². The molecular weight excluding hydrogens is 225 g/mol. The Labute approximate surface area is 99.8 Å². The molecule has 0 unspecified atom stereocenters. The van der Waals surface area contributed by atoms with Crippen LogP contribution < -0.4 is 0 Å². The third-order valence-electron chi connectivity index (χ3n) is 3.90. The van der Waals surface area contributed by atoms with Crippen LogP contribution in [0.2, 0.25) is 0 Å². The summed E-state index contributed by atoms with van der Waals surface area (Å²) >= 11 is 0. The summed E-state index contributed by atoms with van der Waals surface area (Å²) in [6, 6.07) is 2.30. The zero-order valence-electron chi connectivity index (χ0n) is 9.98. The van der Waals surface area contributed by atoms with E-state index in [0.29, 0.717) is 5.56 Å². The molecule has 0 spiro atoms. The van der Waals surface area contributed by atoms with Crippen LogP contribution in [0.3, 0.4) is 0 Å². The molecule has 17 heavy (non-hydrogen) atoms. The number of rotatable bonds is 2. The Balaban J connectivity index is 2.13. The first-order chi connectivity index (χ1) is 8.11. The Hall–Kier alpha value is -0.990. The number of halogens is 3. The van der Waals surface area contributed by atoms with Crippen molar-refractivity contribution in [3.05, 3.63) is 35.1 Å². The monoisotopic (exact) mass is 242 g/mol. The lowest BCUT2D eigenvalue weighted by atomic mass is 9.78. The first-order valence-corrected chi connectivity index (χ1v) is 6.26. The van der Waals surface area contributed by atoms with Gasteiger partial charge in [0.25, 0.3) is 0 Å². The summed E-state index contributed by atoms with van der Waals surface area (Å²) in [6.07, 6.45) is 5.26. The van der Waals surface area contributed by atoms with E-state index in [1.54, 1.807) is 0 Å². The largest absolute Gasteiger partial charge is 0.204 e. The molecule has 1 fully saturated rings. The molecule has 0 radical (unpaired) electrons. The van der Waals surface area contributed by atoms with Crippen molar-refractivity contribution in [2.24, 2.45) is 5.92 Å². The molecule has 1 saturated carbocycles. The molecular formula is C14H17F3. The average Bonchev–Trinajstić information content (AvgIpc) is 2.35. The van der Waals surface area contributed by atoms with Crippen LogP contribution >= 0.6 is 0 Å². The second-order valence-corrected chi connectivity index (χ2v) is 4.92. The normalized spacial score (nSPS) is 24.9. The van der Waals surface area contributed by atoms with Crippen molar-refractivity contribution in [1.82, 2.24) is 0 Å². The van der Waals surface area contributed by atoms with Crippen LogP contribution in [-0.4, -0.2) is 0 Å². The van der Waals surface area contributed by atoms with E-state index in [0.717, 1.165) is 43.7 Å². The lowest BCUT2D eigenvalue weighted by Crippen LogP contribution is -2.13. The second-order valence-electron chi connectivity index (χ2n) is 4.92. The summed E-state index contributed by atoms with van der Waals surface area (Å²) in [7, 11) is 0.